The van der Waals surface area contributed by atoms with Crippen molar-refractivity contribution in [2.75, 3.05) is 0 Å². The standard InChI is InChI=1S/C29H24.C28H22.C25H24.C22H18/c1-19-9-13-23(14-10-19)29-25-16-12-20(2)17-26(25)28(22-7-5-4-6-8-22)24-15-11-21(3)18-27(24)29;1-19-12-15-22(16-13-19)28-24-11-7-6-10-23(24)27(21-8-4-3-5-9-21)25-17-14-20(2)18-26(25)28;1-17-9-11-18(12-10-17)24-22-8-6-5-7-19(22)15-20-13-14-21(16-23(20)24)25(2,3)4;1-15-7-10-17(11-8-15)22-20-6-4-3-5-18(20)14-19-12-9-16(2)13-21(19)22/h4-18H,1-3H3;3-18H,1-2H3;5-16H,1-4H3;3-14H,1-2H3. The van der Waals surface area contributed by atoms with E-state index in [0.29, 0.717) is 0 Å². The van der Waals surface area contributed by atoms with Gasteiger partial charge in [-0.1, -0.05) is 381 Å². The van der Waals surface area contributed by atoms with E-state index >= 15 is 0 Å². The van der Waals surface area contributed by atoms with Crippen LogP contribution in [0.3, 0.4) is 0 Å². The molecular formula is C104H88. The van der Waals surface area contributed by atoms with E-state index in [1.165, 1.54) is 203 Å². The summed E-state index contributed by atoms with van der Waals surface area (Å²) in [6, 6.07) is 122. The van der Waals surface area contributed by atoms with E-state index in [1.54, 1.807) is 0 Å². The van der Waals surface area contributed by atoms with Crippen LogP contribution in [0.2, 0.25) is 0 Å². The number of aryl methyl sites for hydroxylation is 8. The number of fused-ring (bicyclic) bond motifs is 8. The smallest absolute Gasteiger partial charge is 0.00263 e. The lowest BCUT2D eigenvalue weighted by molar-refractivity contribution is 0.591. The molecule has 0 amide bonds. The molecule has 0 bridgehead atoms. The molecule has 0 nitrogen and oxygen atoms in total. The molecule has 0 unspecified atom stereocenters. The van der Waals surface area contributed by atoms with Crippen LogP contribution < -0.4 is 0 Å². The minimum Gasteiger partial charge on any atom is -0.0622 e. The van der Waals surface area contributed by atoms with Crippen molar-refractivity contribution >= 4 is 86.2 Å². The van der Waals surface area contributed by atoms with Gasteiger partial charge in [0, 0.05) is 0 Å². The molecule has 18 rings (SSSR count). The van der Waals surface area contributed by atoms with E-state index < -0.39 is 0 Å². The lowest BCUT2D eigenvalue weighted by Crippen LogP contribution is -2.10. The van der Waals surface area contributed by atoms with E-state index in [0.717, 1.165) is 0 Å². The molecule has 0 atom stereocenters. The first kappa shape index (κ1) is 67.8. The van der Waals surface area contributed by atoms with Crippen LogP contribution in [0.25, 0.3) is 153 Å². The predicted octanol–water partition coefficient (Wildman–Crippen LogP) is 29.7. The van der Waals surface area contributed by atoms with Crippen molar-refractivity contribution in [3.05, 3.63) is 384 Å². The molecule has 0 aliphatic rings. The summed E-state index contributed by atoms with van der Waals surface area (Å²) in [5.41, 5.74) is 27.5. The third-order valence-electron chi connectivity index (χ3n) is 20.8. The van der Waals surface area contributed by atoms with Gasteiger partial charge in [-0.15, -0.1) is 0 Å². The van der Waals surface area contributed by atoms with Crippen molar-refractivity contribution in [1.82, 2.24) is 0 Å². The minimum absolute atomic E-state index is 0.143. The zero-order valence-corrected chi connectivity index (χ0v) is 61.8. The molecule has 104 heavy (non-hydrogen) atoms. The highest BCUT2D eigenvalue weighted by atomic mass is 14.2. The predicted molar refractivity (Wildman–Crippen MR) is 455 cm³/mol. The Morgan fingerprint density at radius 2 is 0.385 bits per heavy atom. The molecule has 0 aliphatic carbocycles. The van der Waals surface area contributed by atoms with Crippen LogP contribution in [0, 0.1) is 55.4 Å². The Morgan fingerprint density at radius 1 is 0.154 bits per heavy atom. The third-order valence-corrected chi connectivity index (χ3v) is 20.8. The quantitative estimate of drug-likeness (QED) is 0.146. The second-order valence-electron chi connectivity index (χ2n) is 29.7. The van der Waals surface area contributed by atoms with Gasteiger partial charge >= 0.3 is 0 Å². The van der Waals surface area contributed by atoms with Gasteiger partial charge in [-0.25, -0.2) is 0 Å². The highest BCUT2D eigenvalue weighted by molar-refractivity contribution is 6.23. The van der Waals surface area contributed by atoms with Crippen molar-refractivity contribution in [1.29, 1.82) is 0 Å². The molecule has 0 fully saturated rings. The Morgan fingerprint density at radius 3 is 0.731 bits per heavy atom. The van der Waals surface area contributed by atoms with Crippen molar-refractivity contribution < 1.29 is 0 Å². The summed E-state index contributed by atoms with van der Waals surface area (Å²) in [6.45, 7) is 24.1. The summed E-state index contributed by atoms with van der Waals surface area (Å²) in [6.07, 6.45) is 0. The van der Waals surface area contributed by atoms with Crippen molar-refractivity contribution in [2.24, 2.45) is 0 Å². The number of rotatable bonds is 6. The fraction of sp³-hybridized carbons (Fsp3) is 0.115. The van der Waals surface area contributed by atoms with Gasteiger partial charge in [0.25, 0.3) is 0 Å². The molecule has 0 saturated carbocycles. The number of benzene rings is 18. The number of hydrogen-bond acceptors (Lipinski definition) is 0. The first-order chi connectivity index (χ1) is 50.5. The highest BCUT2D eigenvalue weighted by Gasteiger charge is 2.21. The monoisotopic (exact) mass is 1340 g/mol. The fourth-order valence-electron chi connectivity index (χ4n) is 15.4. The Labute approximate surface area is 614 Å². The van der Waals surface area contributed by atoms with Gasteiger partial charge in [-0.2, -0.15) is 0 Å². The molecule has 0 N–H and O–H groups in total. The van der Waals surface area contributed by atoms with Gasteiger partial charge in [-0.3, -0.25) is 0 Å². The van der Waals surface area contributed by atoms with Gasteiger partial charge in [0.05, 0.1) is 0 Å². The topological polar surface area (TPSA) is 0 Å². The van der Waals surface area contributed by atoms with Crippen molar-refractivity contribution in [3.8, 4) is 66.8 Å². The maximum atomic E-state index is 2.39. The van der Waals surface area contributed by atoms with Crippen LogP contribution in [0.4, 0.5) is 0 Å². The van der Waals surface area contributed by atoms with Crippen LogP contribution in [0.15, 0.2) is 334 Å². The summed E-state index contributed by atoms with van der Waals surface area (Å²) < 4.78 is 0. The van der Waals surface area contributed by atoms with Crippen molar-refractivity contribution in [2.45, 2.75) is 81.6 Å². The Hall–Kier alpha value is -12.0. The van der Waals surface area contributed by atoms with Gasteiger partial charge < -0.3 is 0 Å². The van der Waals surface area contributed by atoms with Gasteiger partial charge in [-0.05, 0) is 238 Å². The minimum atomic E-state index is 0.143. The second-order valence-corrected chi connectivity index (χ2v) is 29.7. The first-order valence-corrected chi connectivity index (χ1v) is 36.7. The van der Waals surface area contributed by atoms with Crippen LogP contribution in [0.1, 0.15) is 70.8 Å². The largest absolute Gasteiger partial charge is 0.0622 e. The fourth-order valence-corrected chi connectivity index (χ4v) is 15.4. The summed E-state index contributed by atoms with van der Waals surface area (Å²) in [5.74, 6) is 0. The highest BCUT2D eigenvalue weighted by Crippen LogP contribution is 2.47. The van der Waals surface area contributed by atoms with Gasteiger partial charge in [0.1, 0.15) is 0 Å². The maximum absolute atomic E-state index is 2.39. The summed E-state index contributed by atoms with van der Waals surface area (Å²) in [5, 5.41) is 21.1. The summed E-state index contributed by atoms with van der Waals surface area (Å²) in [7, 11) is 0. The Balaban J connectivity index is 0.000000112. The Kier molecular flexibility index (Phi) is 18.8. The lowest BCUT2D eigenvalue weighted by atomic mass is 9.83. The summed E-state index contributed by atoms with van der Waals surface area (Å²) in [4.78, 5) is 0. The zero-order chi connectivity index (χ0) is 71.8. The second kappa shape index (κ2) is 28.8. The lowest BCUT2D eigenvalue weighted by Gasteiger charge is -2.21. The molecule has 18 aromatic rings. The summed E-state index contributed by atoms with van der Waals surface area (Å²) >= 11 is 0. The molecule has 18 aromatic carbocycles. The van der Waals surface area contributed by atoms with Crippen LogP contribution in [0.5, 0.6) is 0 Å². The third kappa shape index (κ3) is 13.7. The van der Waals surface area contributed by atoms with Gasteiger partial charge in [0.2, 0.25) is 0 Å². The van der Waals surface area contributed by atoms with Gasteiger partial charge in [0.15, 0.2) is 0 Å². The van der Waals surface area contributed by atoms with Crippen LogP contribution in [-0.4, -0.2) is 0 Å². The first-order valence-electron chi connectivity index (χ1n) is 36.7. The van der Waals surface area contributed by atoms with E-state index in [-0.39, 0.29) is 5.41 Å². The average Bonchev–Trinajstić information content (AvgIpc) is 0.735. The van der Waals surface area contributed by atoms with E-state index in [1.807, 2.05) is 0 Å². The molecule has 504 valence electrons. The van der Waals surface area contributed by atoms with E-state index in [9.17, 15) is 0 Å². The molecule has 0 heterocycles. The zero-order valence-electron chi connectivity index (χ0n) is 61.8. The van der Waals surface area contributed by atoms with E-state index in [4.69, 9.17) is 0 Å². The molecule has 0 saturated heterocycles. The SMILES string of the molecule is Cc1ccc(-c2c3ccc(C)cc3c(-c3ccccc3)c3ccc(C)cc23)cc1.Cc1ccc(-c2c3ccccc3c(-c3ccccc3)c3ccc(C)cc23)cc1.Cc1ccc(-c2c3ccccc3cc3ccc(C(C)(C)C)cc23)cc1.Cc1ccc(-c2c3ccccc3cc3ccc(C)cc23)cc1. The normalized spacial score (nSPS) is 11.4. The molecule has 0 heteroatoms. The number of hydrogen-bond donors (Lipinski definition) is 0. The molecule has 0 aliphatic heterocycles. The van der Waals surface area contributed by atoms with Crippen LogP contribution >= 0.6 is 0 Å². The van der Waals surface area contributed by atoms with Crippen LogP contribution in [-0.2, 0) is 5.41 Å². The Bertz CT molecular complexity index is 6210. The van der Waals surface area contributed by atoms with E-state index in [2.05, 4.69) is 410 Å². The molecule has 0 aromatic heterocycles. The molecule has 0 spiro atoms. The molecule has 0 radical (unpaired) electrons. The average molecular weight is 1340 g/mol. The van der Waals surface area contributed by atoms with Crippen molar-refractivity contribution in [3.63, 3.8) is 0 Å². The maximum Gasteiger partial charge on any atom is -0.00263 e. The molecular weight excluding hydrogens is 1250 g/mol.